The van der Waals surface area contributed by atoms with Crippen LogP contribution in [-0.4, -0.2) is 51.2 Å². The van der Waals surface area contributed by atoms with E-state index < -0.39 is 6.41 Å². The molecule has 18 heavy (non-hydrogen) atoms. The lowest BCUT2D eigenvalue weighted by Crippen LogP contribution is -2.59. The highest BCUT2D eigenvalue weighted by Crippen LogP contribution is 2.20. The Morgan fingerprint density at radius 3 is 2.67 bits per heavy atom. The molecule has 1 saturated heterocycles. The minimum atomic E-state index is -0.883. The molecule has 0 aliphatic carbocycles. The molecule has 0 amide bonds. The second-order valence-corrected chi connectivity index (χ2v) is 5.29. The summed E-state index contributed by atoms with van der Waals surface area (Å²) in [6, 6.07) is 0. The topological polar surface area (TPSA) is 67.7 Å². The number of hydrogen-bond donors (Lipinski definition) is 1. The van der Waals surface area contributed by atoms with Crippen LogP contribution in [0.1, 0.15) is 20.8 Å². The number of ether oxygens (including phenoxy) is 2. The van der Waals surface area contributed by atoms with Crippen LogP contribution in [0.3, 0.4) is 0 Å². The van der Waals surface area contributed by atoms with E-state index in [0.29, 0.717) is 19.0 Å². The SMILES string of the molecule is CC(C)(C)OC(O)N1CC(Oc2cnccn2)C1. The van der Waals surface area contributed by atoms with Crippen LogP contribution in [0.4, 0.5) is 0 Å². The van der Waals surface area contributed by atoms with Crippen molar-refractivity contribution in [3.05, 3.63) is 18.6 Å². The van der Waals surface area contributed by atoms with Gasteiger partial charge in [0.15, 0.2) is 0 Å². The number of aliphatic hydroxyl groups excluding tert-OH is 1. The second-order valence-electron chi connectivity index (χ2n) is 5.29. The molecule has 0 aromatic carbocycles. The summed E-state index contributed by atoms with van der Waals surface area (Å²) in [6.45, 7) is 6.96. The van der Waals surface area contributed by atoms with Crippen molar-refractivity contribution in [2.75, 3.05) is 13.1 Å². The van der Waals surface area contributed by atoms with Crippen molar-refractivity contribution >= 4 is 0 Å². The van der Waals surface area contributed by atoms with Gasteiger partial charge in [0.25, 0.3) is 0 Å². The highest BCUT2D eigenvalue weighted by atomic mass is 16.6. The Labute approximate surface area is 107 Å². The Balaban J connectivity index is 1.74. The van der Waals surface area contributed by atoms with E-state index in [1.54, 1.807) is 23.5 Å². The first-order chi connectivity index (χ1) is 8.44. The predicted molar refractivity (Wildman–Crippen MR) is 64.9 cm³/mol. The maximum absolute atomic E-state index is 9.81. The normalized spacial score (nSPS) is 19.3. The molecule has 0 saturated carbocycles. The van der Waals surface area contributed by atoms with Crippen molar-refractivity contribution < 1.29 is 14.6 Å². The zero-order valence-corrected chi connectivity index (χ0v) is 10.9. The molecule has 1 aliphatic rings. The van der Waals surface area contributed by atoms with E-state index in [2.05, 4.69) is 9.97 Å². The van der Waals surface area contributed by atoms with Crippen LogP contribution in [0.5, 0.6) is 5.88 Å². The largest absolute Gasteiger partial charge is 0.471 e. The first kappa shape index (κ1) is 13.2. The number of aromatic nitrogens is 2. The first-order valence-electron chi connectivity index (χ1n) is 5.97. The van der Waals surface area contributed by atoms with Gasteiger partial charge in [0.2, 0.25) is 12.3 Å². The third kappa shape index (κ3) is 3.63. The van der Waals surface area contributed by atoms with Crippen molar-refractivity contribution in [3.63, 3.8) is 0 Å². The van der Waals surface area contributed by atoms with Crippen LogP contribution >= 0.6 is 0 Å². The Morgan fingerprint density at radius 1 is 1.39 bits per heavy atom. The summed E-state index contributed by atoms with van der Waals surface area (Å²) >= 11 is 0. The third-order valence-electron chi connectivity index (χ3n) is 2.47. The van der Waals surface area contributed by atoms with Crippen LogP contribution in [0, 0.1) is 0 Å². The van der Waals surface area contributed by atoms with Gasteiger partial charge in [-0.2, -0.15) is 0 Å². The standard InChI is InChI=1S/C12H19N3O3/c1-12(2,3)18-11(16)15-7-9(8-15)17-10-6-13-4-5-14-10/h4-6,9,11,16H,7-8H2,1-3H3. The summed E-state index contributed by atoms with van der Waals surface area (Å²) in [6.07, 6.45) is 3.90. The molecule has 1 aliphatic heterocycles. The molecule has 1 aromatic heterocycles. The Morgan fingerprint density at radius 2 is 2.11 bits per heavy atom. The molecule has 0 spiro atoms. The average Bonchev–Trinajstić information content (AvgIpc) is 2.21. The van der Waals surface area contributed by atoms with Crippen molar-refractivity contribution in [1.82, 2.24) is 14.9 Å². The minimum Gasteiger partial charge on any atom is -0.471 e. The molecule has 0 bridgehead atoms. The maximum atomic E-state index is 9.81. The van der Waals surface area contributed by atoms with Gasteiger partial charge in [-0.1, -0.05) is 0 Å². The van der Waals surface area contributed by atoms with Crippen molar-refractivity contribution in [1.29, 1.82) is 0 Å². The molecule has 1 unspecified atom stereocenters. The monoisotopic (exact) mass is 253 g/mol. The van der Waals surface area contributed by atoms with E-state index in [-0.39, 0.29) is 11.7 Å². The second kappa shape index (κ2) is 5.17. The van der Waals surface area contributed by atoms with E-state index in [1.165, 1.54) is 0 Å². The van der Waals surface area contributed by atoms with E-state index in [1.807, 2.05) is 20.8 Å². The van der Waals surface area contributed by atoms with Gasteiger partial charge in [-0.3, -0.25) is 4.98 Å². The lowest BCUT2D eigenvalue weighted by molar-refractivity contribution is -0.265. The van der Waals surface area contributed by atoms with Gasteiger partial charge in [0, 0.05) is 25.5 Å². The average molecular weight is 253 g/mol. The fourth-order valence-corrected chi connectivity index (χ4v) is 1.63. The Bertz CT molecular complexity index is 374. The number of rotatable bonds is 4. The van der Waals surface area contributed by atoms with Crippen LogP contribution < -0.4 is 4.74 Å². The van der Waals surface area contributed by atoms with Crippen molar-refractivity contribution in [2.45, 2.75) is 38.9 Å². The van der Waals surface area contributed by atoms with Gasteiger partial charge >= 0.3 is 0 Å². The summed E-state index contributed by atoms with van der Waals surface area (Å²) in [4.78, 5) is 9.75. The predicted octanol–water partition coefficient (Wildman–Crippen LogP) is 0.631. The Hall–Kier alpha value is -1.24. The molecule has 6 nitrogen and oxygen atoms in total. The molecule has 2 heterocycles. The zero-order valence-electron chi connectivity index (χ0n) is 10.9. The fraction of sp³-hybridized carbons (Fsp3) is 0.667. The Kier molecular flexibility index (Phi) is 3.79. The number of nitrogens with zero attached hydrogens (tertiary/aromatic N) is 3. The van der Waals surface area contributed by atoms with Gasteiger partial charge < -0.3 is 14.6 Å². The van der Waals surface area contributed by atoms with Gasteiger partial charge in [-0.15, -0.1) is 0 Å². The highest BCUT2D eigenvalue weighted by Gasteiger charge is 2.35. The first-order valence-corrected chi connectivity index (χ1v) is 5.97. The van der Waals surface area contributed by atoms with E-state index in [0.717, 1.165) is 0 Å². The van der Waals surface area contributed by atoms with Crippen molar-refractivity contribution in [3.8, 4) is 5.88 Å². The summed E-state index contributed by atoms with van der Waals surface area (Å²) in [5.41, 5.74) is -0.365. The molecule has 100 valence electrons. The molecule has 2 rings (SSSR count). The summed E-state index contributed by atoms with van der Waals surface area (Å²) < 4.78 is 11.0. The minimum absolute atomic E-state index is 0.0277. The van der Waals surface area contributed by atoms with Crippen LogP contribution in [0.2, 0.25) is 0 Å². The molecule has 1 aromatic rings. The fourth-order valence-electron chi connectivity index (χ4n) is 1.63. The van der Waals surface area contributed by atoms with Gasteiger partial charge in [-0.05, 0) is 20.8 Å². The van der Waals surface area contributed by atoms with Crippen LogP contribution in [-0.2, 0) is 4.74 Å². The molecule has 6 heteroatoms. The molecular formula is C12H19N3O3. The van der Waals surface area contributed by atoms with E-state index in [4.69, 9.17) is 9.47 Å². The third-order valence-corrected chi connectivity index (χ3v) is 2.47. The van der Waals surface area contributed by atoms with E-state index >= 15 is 0 Å². The molecule has 1 N–H and O–H groups in total. The van der Waals surface area contributed by atoms with Gasteiger partial charge in [0.1, 0.15) is 6.10 Å². The zero-order chi connectivity index (χ0) is 13.2. The summed E-state index contributed by atoms with van der Waals surface area (Å²) in [5.74, 6) is 0.508. The van der Waals surface area contributed by atoms with Gasteiger partial charge in [-0.25, -0.2) is 9.88 Å². The molecule has 1 atom stereocenters. The van der Waals surface area contributed by atoms with Crippen LogP contribution in [0.25, 0.3) is 0 Å². The van der Waals surface area contributed by atoms with Gasteiger partial charge in [0.05, 0.1) is 11.8 Å². The summed E-state index contributed by atoms with van der Waals surface area (Å²) in [7, 11) is 0. The quantitative estimate of drug-likeness (QED) is 0.794. The van der Waals surface area contributed by atoms with Crippen molar-refractivity contribution in [2.24, 2.45) is 0 Å². The van der Waals surface area contributed by atoms with Crippen LogP contribution in [0.15, 0.2) is 18.6 Å². The maximum Gasteiger partial charge on any atom is 0.232 e. The number of hydrogen-bond acceptors (Lipinski definition) is 6. The summed E-state index contributed by atoms with van der Waals surface area (Å²) in [5, 5.41) is 9.81. The lowest BCUT2D eigenvalue weighted by Gasteiger charge is -2.42. The van der Waals surface area contributed by atoms with E-state index in [9.17, 15) is 5.11 Å². The molecule has 0 radical (unpaired) electrons. The lowest BCUT2D eigenvalue weighted by atomic mass is 10.1. The molecular weight excluding hydrogens is 234 g/mol. The smallest absolute Gasteiger partial charge is 0.232 e. The number of likely N-dealkylation sites (tertiary alicyclic amines) is 1. The number of aliphatic hydroxyl groups is 1. The highest BCUT2D eigenvalue weighted by molar-refractivity contribution is 5.03. The molecule has 1 fully saturated rings.